The maximum atomic E-state index is 11.9. The van der Waals surface area contributed by atoms with Crippen LogP contribution in [0.25, 0.3) is 0 Å². The van der Waals surface area contributed by atoms with E-state index >= 15 is 0 Å². The molecule has 1 amide bonds. The van der Waals surface area contributed by atoms with Crippen molar-refractivity contribution in [3.05, 3.63) is 0 Å². The molecule has 1 fully saturated rings. The SMILES string of the molecule is COCC(C)C(=O)N1CCNCC1C. The number of ether oxygens (including phenoxy) is 1. The van der Waals surface area contributed by atoms with Gasteiger partial charge in [0.25, 0.3) is 0 Å². The molecule has 0 aliphatic carbocycles. The average Bonchev–Trinajstić information content (AvgIpc) is 2.18. The van der Waals surface area contributed by atoms with Crippen LogP contribution in [0.2, 0.25) is 0 Å². The topological polar surface area (TPSA) is 41.6 Å². The quantitative estimate of drug-likeness (QED) is 0.702. The third-order valence-electron chi connectivity index (χ3n) is 2.62. The van der Waals surface area contributed by atoms with Crippen molar-refractivity contribution < 1.29 is 9.53 Å². The monoisotopic (exact) mass is 200 g/mol. The van der Waals surface area contributed by atoms with E-state index in [1.807, 2.05) is 11.8 Å². The summed E-state index contributed by atoms with van der Waals surface area (Å²) in [6.07, 6.45) is 0. The Bertz CT molecular complexity index is 197. The lowest BCUT2D eigenvalue weighted by Crippen LogP contribution is -2.53. The predicted octanol–water partition coefficient (Wildman–Crippen LogP) is 0.0892. The van der Waals surface area contributed by atoms with E-state index in [1.165, 1.54) is 0 Å². The molecule has 82 valence electrons. The molecule has 1 N–H and O–H groups in total. The number of rotatable bonds is 3. The van der Waals surface area contributed by atoms with Gasteiger partial charge < -0.3 is 15.0 Å². The lowest BCUT2D eigenvalue weighted by molar-refractivity contribution is -0.139. The maximum absolute atomic E-state index is 11.9. The van der Waals surface area contributed by atoms with Crippen LogP contribution in [0.3, 0.4) is 0 Å². The van der Waals surface area contributed by atoms with Crippen LogP contribution in [0.4, 0.5) is 0 Å². The largest absolute Gasteiger partial charge is 0.384 e. The zero-order valence-electron chi connectivity index (χ0n) is 9.25. The van der Waals surface area contributed by atoms with Crippen molar-refractivity contribution in [1.82, 2.24) is 10.2 Å². The molecule has 0 aromatic heterocycles. The minimum atomic E-state index is -0.0273. The fraction of sp³-hybridized carbons (Fsp3) is 0.900. The molecule has 4 nitrogen and oxygen atoms in total. The van der Waals surface area contributed by atoms with E-state index in [4.69, 9.17) is 4.74 Å². The van der Waals surface area contributed by atoms with Gasteiger partial charge in [0.15, 0.2) is 0 Å². The van der Waals surface area contributed by atoms with Crippen LogP contribution >= 0.6 is 0 Å². The number of nitrogens with zero attached hydrogens (tertiary/aromatic N) is 1. The molecule has 14 heavy (non-hydrogen) atoms. The molecule has 2 unspecified atom stereocenters. The van der Waals surface area contributed by atoms with Gasteiger partial charge in [0.05, 0.1) is 12.5 Å². The van der Waals surface area contributed by atoms with Crippen molar-refractivity contribution in [3.63, 3.8) is 0 Å². The molecule has 0 saturated carbocycles. The maximum Gasteiger partial charge on any atom is 0.228 e. The second kappa shape index (κ2) is 5.32. The summed E-state index contributed by atoms with van der Waals surface area (Å²) in [6.45, 7) is 7.11. The Labute approximate surface area is 85.6 Å². The molecule has 0 spiro atoms. The van der Waals surface area contributed by atoms with Crippen LogP contribution < -0.4 is 5.32 Å². The highest BCUT2D eigenvalue weighted by Crippen LogP contribution is 2.09. The molecule has 1 heterocycles. The number of hydrogen-bond donors (Lipinski definition) is 1. The number of carbonyl (C=O) groups excluding carboxylic acids is 1. The normalized spacial score (nSPS) is 24.8. The van der Waals surface area contributed by atoms with Gasteiger partial charge in [0, 0.05) is 32.8 Å². The molecule has 0 aromatic rings. The van der Waals surface area contributed by atoms with Gasteiger partial charge in [-0.15, -0.1) is 0 Å². The molecule has 2 atom stereocenters. The molecular weight excluding hydrogens is 180 g/mol. The van der Waals surface area contributed by atoms with Crippen LogP contribution in [-0.2, 0) is 9.53 Å². The Morgan fingerprint density at radius 3 is 3.00 bits per heavy atom. The summed E-state index contributed by atoms with van der Waals surface area (Å²) in [7, 11) is 1.63. The third-order valence-corrected chi connectivity index (χ3v) is 2.62. The van der Waals surface area contributed by atoms with Gasteiger partial charge in [0.2, 0.25) is 5.91 Å². The van der Waals surface area contributed by atoms with Gasteiger partial charge in [-0.1, -0.05) is 6.92 Å². The lowest BCUT2D eigenvalue weighted by atomic mass is 10.1. The fourth-order valence-corrected chi connectivity index (χ4v) is 1.77. The Morgan fingerprint density at radius 2 is 2.43 bits per heavy atom. The van der Waals surface area contributed by atoms with E-state index < -0.39 is 0 Å². The first-order valence-corrected chi connectivity index (χ1v) is 5.17. The highest BCUT2D eigenvalue weighted by atomic mass is 16.5. The molecule has 1 aliphatic heterocycles. The highest BCUT2D eigenvalue weighted by molar-refractivity contribution is 5.79. The molecule has 0 radical (unpaired) electrons. The third kappa shape index (κ3) is 2.69. The van der Waals surface area contributed by atoms with Gasteiger partial charge in [-0.25, -0.2) is 0 Å². The Hall–Kier alpha value is -0.610. The molecule has 0 bridgehead atoms. The summed E-state index contributed by atoms with van der Waals surface area (Å²) >= 11 is 0. The summed E-state index contributed by atoms with van der Waals surface area (Å²) in [4.78, 5) is 13.9. The van der Waals surface area contributed by atoms with Crippen LogP contribution in [0, 0.1) is 5.92 Å². The first kappa shape index (κ1) is 11.5. The van der Waals surface area contributed by atoms with E-state index in [9.17, 15) is 4.79 Å². The standard InChI is InChI=1S/C10H20N2O2/c1-8(7-14-3)10(13)12-5-4-11-6-9(12)2/h8-9,11H,4-7H2,1-3H3. The lowest BCUT2D eigenvalue weighted by Gasteiger charge is -2.35. The van der Waals surface area contributed by atoms with E-state index in [2.05, 4.69) is 12.2 Å². The molecule has 0 aromatic carbocycles. The Morgan fingerprint density at radius 1 is 1.71 bits per heavy atom. The van der Waals surface area contributed by atoms with Crippen molar-refractivity contribution in [2.24, 2.45) is 5.92 Å². The molecule has 1 aliphatic rings. The second-order valence-corrected chi connectivity index (χ2v) is 3.94. The highest BCUT2D eigenvalue weighted by Gasteiger charge is 2.26. The van der Waals surface area contributed by atoms with Gasteiger partial charge >= 0.3 is 0 Å². The number of nitrogens with one attached hydrogen (secondary N) is 1. The van der Waals surface area contributed by atoms with E-state index in [1.54, 1.807) is 7.11 Å². The summed E-state index contributed by atoms with van der Waals surface area (Å²) < 4.78 is 4.99. The first-order chi connectivity index (χ1) is 6.66. The van der Waals surface area contributed by atoms with Crippen LogP contribution in [0.15, 0.2) is 0 Å². The number of piperazine rings is 1. The zero-order chi connectivity index (χ0) is 10.6. The molecule has 4 heteroatoms. The second-order valence-electron chi connectivity index (χ2n) is 3.94. The van der Waals surface area contributed by atoms with Crippen molar-refractivity contribution >= 4 is 5.91 Å². The van der Waals surface area contributed by atoms with Crippen molar-refractivity contribution in [3.8, 4) is 0 Å². The predicted molar refractivity (Wildman–Crippen MR) is 55.1 cm³/mol. The van der Waals surface area contributed by atoms with Crippen molar-refractivity contribution in [2.45, 2.75) is 19.9 Å². The van der Waals surface area contributed by atoms with Crippen molar-refractivity contribution in [1.29, 1.82) is 0 Å². The van der Waals surface area contributed by atoms with E-state index in [0.717, 1.165) is 19.6 Å². The number of hydrogen-bond acceptors (Lipinski definition) is 3. The smallest absolute Gasteiger partial charge is 0.228 e. The van der Waals surface area contributed by atoms with Crippen LogP contribution in [-0.4, -0.2) is 50.2 Å². The Kier molecular flexibility index (Phi) is 4.35. The minimum absolute atomic E-state index is 0.0273. The van der Waals surface area contributed by atoms with Gasteiger partial charge in [0.1, 0.15) is 0 Å². The van der Waals surface area contributed by atoms with Crippen molar-refractivity contribution in [2.75, 3.05) is 33.4 Å². The Balaban J connectivity index is 2.49. The fourth-order valence-electron chi connectivity index (χ4n) is 1.77. The average molecular weight is 200 g/mol. The molecule has 1 saturated heterocycles. The summed E-state index contributed by atoms with van der Waals surface area (Å²) in [5, 5.41) is 3.27. The number of carbonyl (C=O) groups is 1. The zero-order valence-corrected chi connectivity index (χ0v) is 9.25. The number of methoxy groups -OCH3 is 1. The van der Waals surface area contributed by atoms with Crippen LogP contribution in [0.1, 0.15) is 13.8 Å². The van der Waals surface area contributed by atoms with Gasteiger partial charge in [-0.05, 0) is 6.92 Å². The van der Waals surface area contributed by atoms with Crippen LogP contribution in [0.5, 0.6) is 0 Å². The van der Waals surface area contributed by atoms with E-state index in [0.29, 0.717) is 12.6 Å². The van der Waals surface area contributed by atoms with Gasteiger partial charge in [-0.2, -0.15) is 0 Å². The number of amides is 1. The molecule has 1 rings (SSSR count). The minimum Gasteiger partial charge on any atom is -0.384 e. The summed E-state index contributed by atoms with van der Waals surface area (Å²) in [5.74, 6) is 0.182. The summed E-state index contributed by atoms with van der Waals surface area (Å²) in [5.41, 5.74) is 0. The van der Waals surface area contributed by atoms with Gasteiger partial charge in [-0.3, -0.25) is 4.79 Å². The molecular formula is C10H20N2O2. The first-order valence-electron chi connectivity index (χ1n) is 5.17. The van der Waals surface area contributed by atoms with E-state index in [-0.39, 0.29) is 11.8 Å². The summed E-state index contributed by atoms with van der Waals surface area (Å²) in [6, 6.07) is 0.301.